The number of nitrogens with two attached hydrogens (primary N) is 4. The van der Waals surface area contributed by atoms with Gasteiger partial charge >= 0.3 is 0 Å². The first-order valence-corrected chi connectivity index (χ1v) is 9.66. The number of benzene rings is 2. The minimum absolute atomic E-state index is 0.0718. The number of nitrogen functional groups attached to an aromatic ring is 4. The van der Waals surface area contributed by atoms with Crippen LogP contribution in [0.1, 0.15) is 38.8 Å². The molecule has 30 heavy (non-hydrogen) atoms. The molecule has 0 atom stereocenters. The molecule has 0 aliphatic carbocycles. The predicted octanol–water partition coefficient (Wildman–Crippen LogP) is 2.21. The zero-order valence-electron chi connectivity index (χ0n) is 18.3. The van der Waals surface area contributed by atoms with Gasteiger partial charge in [-0.25, -0.2) is 0 Å². The molecule has 2 aromatic rings. The topological polar surface area (TPSA) is 145 Å². The summed E-state index contributed by atoms with van der Waals surface area (Å²) in [7, 11) is 3.51. The van der Waals surface area contributed by atoms with Gasteiger partial charge in [-0.1, -0.05) is 0 Å². The Morgan fingerprint density at radius 1 is 0.600 bits per heavy atom. The molecule has 0 saturated carbocycles. The maximum atomic E-state index is 12.0. The predicted molar refractivity (Wildman–Crippen MR) is 123 cm³/mol. The van der Waals surface area contributed by atoms with Crippen LogP contribution in [0.25, 0.3) is 0 Å². The van der Waals surface area contributed by atoms with Crippen molar-refractivity contribution >= 4 is 45.9 Å². The van der Waals surface area contributed by atoms with Gasteiger partial charge in [0.2, 0.25) is 11.8 Å². The van der Waals surface area contributed by atoms with E-state index in [0.717, 1.165) is 22.5 Å². The van der Waals surface area contributed by atoms with Crippen molar-refractivity contribution < 1.29 is 9.59 Å². The minimum Gasteiger partial charge on any atom is -0.397 e. The van der Waals surface area contributed by atoms with Gasteiger partial charge in [-0.2, -0.15) is 0 Å². The Morgan fingerprint density at radius 3 is 1.17 bits per heavy atom. The van der Waals surface area contributed by atoms with Crippen LogP contribution in [0.5, 0.6) is 0 Å². The first-order chi connectivity index (χ1) is 13.7. The van der Waals surface area contributed by atoms with Crippen molar-refractivity contribution in [2.24, 2.45) is 0 Å². The average Bonchev–Trinajstić information content (AvgIpc) is 2.93. The van der Waals surface area contributed by atoms with Crippen LogP contribution in [0.3, 0.4) is 0 Å². The molecule has 2 aromatic carbocycles. The van der Waals surface area contributed by atoms with Crippen molar-refractivity contribution in [3.63, 3.8) is 0 Å². The van der Waals surface area contributed by atoms with Crippen molar-refractivity contribution in [3.8, 4) is 0 Å². The number of hydrogen-bond acceptors (Lipinski definition) is 6. The molecule has 2 heterocycles. The Balaban J connectivity index is 0.000000171. The molecule has 160 valence electrons. The molecule has 0 saturated heterocycles. The van der Waals surface area contributed by atoms with E-state index < -0.39 is 10.8 Å². The molecular weight excluding hydrogens is 380 g/mol. The van der Waals surface area contributed by atoms with E-state index in [-0.39, 0.29) is 11.8 Å². The second-order valence-electron chi connectivity index (χ2n) is 8.97. The lowest BCUT2D eigenvalue weighted by atomic mass is 9.86. The monoisotopic (exact) mass is 410 g/mol. The van der Waals surface area contributed by atoms with Gasteiger partial charge in [0.1, 0.15) is 0 Å². The van der Waals surface area contributed by atoms with Crippen molar-refractivity contribution in [1.29, 1.82) is 0 Å². The standard InChI is InChI=1S/2C11H15N3O/c2*1-11(2)6-4-7(12)8(13)5-9(6)14(3)10(11)15/h2*4-5H,12-13H2,1-3H3. The van der Waals surface area contributed by atoms with Crippen LogP contribution >= 0.6 is 0 Å². The van der Waals surface area contributed by atoms with Crippen LogP contribution in [-0.4, -0.2) is 25.9 Å². The molecule has 0 fully saturated rings. The molecule has 0 unspecified atom stereocenters. The van der Waals surface area contributed by atoms with E-state index in [2.05, 4.69) is 0 Å². The van der Waals surface area contributed by atoms with Crippen LogP contribution in [0.15, 0.2) is 24.3 Å². The van der Waals surface area contributed by atoms with E-state index in [1.807, 2.05) is 27.7 Å². The molecule has 4 rings (SSSR count). The van der Waals surface area contributed by atoms with E-state index in [0.29, 0.717) is 22.7 Å². The van der Waals surface area contributed by atoms with Gasteiger partial charge in [0, 0.05) is 25.5 Å². The maximum absolute atomic E-state index is 12.0. The molecule has 8 heteroatoms. The lowest BCUT2D eigenvalue weighted by Crippen LogP contribution is -2.33. The number of amides is 2. The van der Waals surface area contributed by atoms with Gasteiger partial charge < -0.3 is 32.7 Å². The third-order valence-corrected chi connectivity index (χ3v) is 6.15. The molecule has 0 aromatic heterocycles. The van der Waals surface area contributed by atoms with Gasteiger partial charge in [0.15, 0.2) is 0 Å². The van der Waals surface area contributed by atoms with Gasteiger partial charge in [-0.05, 0) is 63.1 Å². The number of fused-ring (bicyclic) bond motifs is 2. The Hall–Kier alpha value is -3.42. The van der Waals surface area contributed by atoms with Crippen LogP contribution in [0.2, 0.25) is 0 Å². The van der Waals surface area contributed by atoms with E-state index in [9.17, 15) is 9.59 Å². The van der Waals surface area contributed by atoms with Crippen LogP contribution < -0.4 is 32.7 Å². The summed E-state index contributed by atoms with van der Waals surface area (Å²) in [4.78, 5) is 27.2. The van der Waals surface area contributed by atoms with Gasteiger partial charge in [-0.3, -0.25) is 9.59 Å². The highest BCUT2D eigenvalue weighted by Crippen LogP contribution is 2.44. The van der Waals surface area contributed by atoms with Crippen molar-refractivity contribution in [3.05, 3.63) is 35.4 Å². The van der Waals surface area contributed by atoms with Crippen molar-refractivity contribution in [1.82, 2.24) is 0 Å². The summed E-state index contributed by atoms with van der Waals surface area (Å²) >= 11 is 0. The molecule has 0 bridgehead atoms. The second-order valence-corrected chi connectivity index (χ2v) is 8.97. The molecule has 2 aliphatic rings. The van der Waals surface area contributed by atoms with E-state index in [4.69, 9.17) is 22.9 Å². The molecule has 8 N–H and O–H groups in total. The molecule has 2 aliphatic heterocycles. The van der Waals surface area contributed by atoms with Crippen LogP contribution in [0.4, 0.5) is 34.1 Å². The number of likely N-dealkylation sites (N-methyl/N-ethyl adjacent to an activating group) is 2. The summed E-state index contributed by atoms with van der Waals surface area (Å²) in [6, 6.07) is 7.12. The summed E-state index contributed by atoms with van der Waals surface area (Å²) in [6.45, 7) is 7.58. The maximum Gasteiger partial charge on any atom is 0.236 e. The van der Waals surface area contributed by atoms with E-state index >= 15 is 0 Å². The minimum atomic E-state index is -0.508. The van der Waals surface area contributed by atoms with Crippen LogP contribution in [0, 0.1) is 0 Å². The SMILES string of the molecule is CN1C(=O)C(C)(C)c2cc(N)c(N)cc21.CN1C(=O)C(C)(C)c2cc(N)c(N)cc21. The molecular formula is C22H30N6O2. The number of rotatable bonds is 0. The second kappa shape index (κ2) is 6.55. The zero-order chi connectivity index (χ0) is 22.8. The van der Waals surface area contributed by atoms with Gasteiger partial charge in [-0.15, -0.1) is 0 Å². The fraction of sp³-hybridized carbons (Fsp3) is 0.364. The van der Waals surface area contributed by atoms with Crippen molar-refractivity contribution in [2.75, 3.05) is 46.8 Å². The molecule has 2 amide bonds. The number of carbonyl (C=O) groups is 2. The first kappa shape index (κ1) is 21.3. The highest BCUT2D eigenvalue weighted by molar-refractivity contribution is 6.09. The Morgan fingerprint density at radius 2 is 0.867 bits per heavy atom. The number of nitrogens with zero attached hydrogens (tertiary/aromatic N) is 2. The number of carbonyl (C=O) groups excluding carboxylic acids is 2. The number of anilines is 6. The molecule has 0 spiro atoms. The Kier molecular flexibility index (Phi) is 4.65. The Bertz CT molecular complexity index is 988. The Labute approximate surface area is 176 Å². The molecule has 0 radical (unpaired) electrons. The van der Waals surface area contributed by atoms with Crippen molar-refractivity contribution in [2.45, 2.75) is 38.5 Å². The van der Waals surface area contributed by atoms with E-state index in [1.54, 1.807) is 48.2 Å². The average molecular weight is 411 g/mol. The number of hydrogen-bond donors (Lipinski definition) is 4. The summed E-state index contributed by atoms with van der Waals surface area (Å²) in [5.74, 6) is 0.144. The third kappa shape index (κ3) is 2.91. The lowest BCUT2D eigenvalue weighted by Gasteiger charge is -2.16. The summed E-state index contributed by atoms with van der Waals surface area (Å²) in [5, 5.41) is 0. The first-order valence-electron chi connectivity index (χ1n) is 9.66. The molecule has 8 nitrogen and oxygen atoms in total. The summed E-state index contributed by atoms with van der Waals surface area (Å²) in [6.07, 6.45) is 0. The highest BCUT2D eigenvalue weighted by Gasteiger charge is 2.43. The third-order valence-electron chi connectivity index (χ3n) is 6.15. The fourth-order valence-electron chi connectivity index (χ4n) is 4.09. The van der Waals surface area contributed by atoms with Crippen LogP contribution in [-0.2, 0) is 20.4 Å². The summed E-state index contributed by atoms with van der Waals surface area (Å²) < 4.78 is 0. The smallest absolute Gasteiger partial charge is 0.236 e. The summed E-state index contributed by atoms with van der Waals surface area (Å²) in [5.41, 5.74) is 27.6. The zero-order valence-corrected chi connectivity index (χ0v) is 18.3. The highest BCUT2D eigenvalue weighted by atomic mass is 16.2. The largest absolute Gasteiger partial charge is 0.397 e. The lowest BCUT2D eigenvalue weighted by molar-refractivity contribution is -0.122. The quantitative estimate of drug-likeness (QED) is 0.490. The van der Waals surface area contributed by atoms with E-state index in [1.165, 1.54) is 0 Å². The fourth-order valence-corrected chi connectivity index (χ4v) is 4.09. The normalized spacial score (nSPS) is 18.1. The van der Waals surface area contributed by atoms with Gasteiger partial charge in [0.25, 0.3) is 0 Å². The van der Waals surface area contributed by atoms with Gasteiger partial charge in [0.05, 0.1) is 33.6 Å².